The fourth-order valence-electron chi connectivity index (χ4n) is 1.68. The van der Waals surface area contributed by atoms with Gasteiger partial charge < -0.3 is 9.64 Å². The third-order valence-corrected chi connectivity index (χ3v) is 2.84. The molecule has 0 radical (unpaired) electrons. The molecule has 1 amide bonds. The van der Waals surface area contributed by atoms with E-state index in [0.717, 1.165) is 0 Å². The lowest BCUT2D eigenvalue weighted by Crippen LogP contribution is -2.38. The summed E-state index contributed by atoms with van der Waals surface area (Å²) in [4.78, 5) is 24.7. The first-order chi connectivity index (χ1) is 9.45. The zero-order valence-corrected chi connectivity index (χ0v) is 11.9. The molecule has 0 fully saturated rings. The van der Waals surface area contributed by atoms with Gasteiger partial charge in [0.05, 0.1) is 12.5 Å². The molecule has 1 aromatic carbocycles. The Balaban J connectivity index is 2.68. The molecule has 1 unspecified atom stereocenters. The molecular formula is C15H18N2O3. The molecule has 0 saturated carbocycles. The van der Waals surface area contributed by atoms with Crippen molar-refractivity contribution in [1.29, 1.82) is 5.26 Å². The van der Waals surface area contributed by atoms with Crippen molar-refractivity contribution in [2.45, 2.75) is 26.4 Å². The molecule has 5 nitrogen and oxygen atoms in total. The monoisotopic (exact) mass is 274 g/mol. The minimum absolute atomic E-state index is 0.0550. The highest BCUT2D eigenvalue weighted by Gasteiger charge is 2.19. The van der Waals surface area contributed by atoms with Crippen LogP contribution in [0, 0.1) is 11.3 Å². The van der Waals surface area contributed by atoms with Gasteiger partial charge in [0.25, 0.3) is 5.91 Å². The van der Waals surface area contributed by atoms with E-state index in [9.17, 15) is 9.59 Å². The standard InChI is InChI=1S/C15H18N2O3/c1-11(18)13-6-4-7-14(10-13)20-12(2)15(19)17(3)9-5-8-16/h4,6-7,10,12H,5,9H2,1-3H3. The van der Waals surface area contributed by atoms with Crippen LogP contribution in [-0.4, -0.2) is 36.3 Å². The van der Waals surface area contributed by atoms with Crippen LogP contribution in [0.4, 0.5) is 0 Å². The number of carbonyl (C=O) groups excluding carboxylic acids is 2. The molecule has 0 saturated heterocycles. The van der Waals surface area contributed by atoms with Crippen molar-refractivity contribution in [2.24, 2.45) is 0 Å². The number of hydrogen-bond acceptors (Lipinski definition) is 4. The molecule has 5 heteroatoms. The summed E-state index contributed by atoms with van der Waals surface area (Å²) in [5.41, 5.74) is 0.542. The number of Topliss-reactive ketones (excluding diaryl/α,β-unsaturated/α-hetero) is 1. The van der Waals surface area contributed by atoms with Crippen LogP contribution in [0.3, 0.4) is 0 Å². The molecule has 106 valence electrons. The van der Waals surface area contributed by atoms with Crippen LogP contribution in [0.5, 0.6) is 5.75 Å². The molecule has 0 N–H and O–H groups in total. The van der Waals surface area contributed by atoms with Gasteiger partial charge in [0.1, 0.15) is 5.75 Å². The highest BCUT2D eigenvalue weighted by Crippen LogP contribution is 2.16. The highest BCUT2D eigenvalue weighted by molar-refractivity contribution is 5.94. The van der Waals surface area contributed by atoms with Gasteiger partial charge in [0, 0.05) is 19.2 Å². The minimum atomic E-state index is -0.666. The van der Waals surface area contributed by atoms with E-state index in [1.54, 1.807) is 38.2 Å². The summed E-state index contributed by atoms with van der Waals surface area (Å²) in [5, 5.41) is 8.50. The Bertz CT molecular complexity index is 534. The van der Waals surface area contributed by atoms with Crippen molar-refractivity contribution < 1.29 is 14.3 Å². The number of rotatable bonds is 6. The lowest BCUT2D eigenvalue weighted by molar-refractivity contribution is -0.136. The number of nitriles is 1. The maximum atomic E-state index is 12.0. The molecule has 0 aliphatic heterocycles. The largest absolute Gasteiger partial charge is 0.481 e. The summed E-state index contributed by atoms with van der Waals surface area (Å²) >= 11 is 0. The van der Waals surface area contributed by atoms with Crippen LogP contribution in [0.2, 0.25) is 0 Å². The van der Waals surface area contributed by atoms with Crippen LogP contribution in [0.25, 0.3) is 0 Å². The first-order valence-electron chi connectivity index (χ1n) is 6.35. The maximum Gasteiger partial charge on any atom is 0.263 e. The summed E-state index contributed by atoms with van der Waals surface area (Å²) in [6, 6.07) is 8.71. The highest BCUT2D eigenvalue weighted by atomic mass is 16.5. The van der Waals surface area contributed by atoms with Crippen molar-refractivity contribution in [3.05, 3.63) is 29.8 Å². The van der Waals surface area contributed by atoms with E-state index in [1.807, 2.05) is 6.07 Å². The van der Waals surface area contributed by atoms with Crippen molar-refractivity contribution in [2.75, 3.05) is 13.6 Å². The van der Waals surface area contributed by atoms with Gasteiger partial charge in [-0.3, -0.25) is 9.59 Å². The second-order valence-corrected chi connectivity index (χ2v) is 4.51. The Morgan fingerprint density at radius 1 is 1.45 bits per heavy atom. The van der Waals surface area contributed by atoms with Gasteiger partial charge in [-0.05, 0) is 26.0 Å². The number of amides is 1. The number of benzene rings is 1. The van der Waals surface area contributed by atoms with E-state index < -0.39 is 6.10 Å². The molecule has 20 heavy (non-hydrogen) atoms. The normalized spacial score (nSPS) is 11.3. The summed E-state index contributed by atoms with van der Waals surface area (Å²) in [5.74, 6) is 0.223. The molecule has 1 rings (SSSR count). The van der Waals surface area contributed by atoms with Crippen molar-refractivity contribution in [3.8, 4) is 11.8 Å². The smallest absolute Gasteiger partial charge is 0.263 e. The van der Waals surface area contributed by atoms with E-state index in [0.29, 0.717) is 17.9 Å². The first-order valence-corrected chi connectivity index (χ1v) is 6.35. The summed E-state index contributed by atoms with van der Waals surface area (Å²) in [6.07, 6.45) is -0.379. The number of likely N-dealkylation sites (N-methyl/N-ethyl adjacent to an activating group) is 1. The summed E-state index contributed by atoms with van der Waals surface area (Å²) in [7, 11) is 1.63. The Hall–Kier alpha value is -2.35. The molecule has 0 aromatic heterocycles. The predicted molar refractivity (Wildman–Crippen MR) is 74.4 cm³/mol. The number of ether oxygens (including phenoxy) is 1. The van der Waals surface area contributed by atoms with Crippen LogP contribution in [-0.2, 0) is 4.79 Å². The van der Waals surface area contributed by atoms with E-state index in [1.165, 1.54) is 11.8 Å². The molecule has 0 heterocycles. The van der Waals surface area contributed by atoms with Gasteiger partial charge in [0.15, 0.2) is 11.9 Å². The SMILES string of the molecule is CC(=O)c1cccc(OC(C)C(=O)N(C)CCC#N)c1. The van der Waals surface area contributed by atoms with E-state index in [4.69, 9.17) is 10.00 Å². The molecule has 0 aliphatic carbocycles. The van der Waals surface area contributed by atoms with Crippen molar-refractivity contribution >= 4 is 11.7 Å². The first kappa shape index (κ1) is 15.7. The van der Waals surface area contributed by atoms with Gasteiger partial charge in [-0.15, -0.1) is 0 Å². The average Bonchev–Trinajstić information content (AvgIpc) is 2.44. The Labute approximate surface area is 118 Å². The van der Waals surface area contributed by atoms with Gasteiger partial charge in [0.2, 0.25) is 0 Å². The number of ketones is 1. The molecule has 1 atom stereocenters. The average molecular weight is 274 g/mol. The van der Waals surface area contributed by atoms with Gasteiger partial charge in [-0.2, -0.15) is 5.26 Å². The third-order valence-electron chi connectivity index (χ3n) is 2.84. The lowest BCUT2D eigenvalue weighted by Gasteiger charge is -2.21. The second-order valence-electron chi connectivity index (χ2n) is 4.51. The summed E-state index contributed by atoms with van der Waals surface area (Å²) < 4.78 is 5.54. The Morgan fingerprint density at radius 2 is 2.15 bits per heavy atom. The minimum Gasteiger partial charge on any atom is -0.481 e. The zero-order valence-electron chi connectivity index (χ0n) is 11.9. The van der Waals surface area contributed by atoms with Crippen LogP contribution >= 0.6 is 0 Å². The van der Waals surface area contributed by atoms with Crippen molar-refractivity contribution in [1.82, 2.24) is 4.90 Å². The lowest BCUT2D eigenvalue weighted by atomic mass is 10.1. The Kier molecular flexibility index (Phi) is 5.73. The molecule has 0 bridgehead atoms. The van der Waals surface area contributed by atoms with Crippen molar-refractivity contribution in [3.63, 3.8) is 0 Å². The fraction of sp³-hybridized carbons (Fsp3) is 0.400. The van der Waals surface area contributed by atoms with Crippen LogP contribution in [0.15, 0.2) is 24.3 Å². The Morgan fingerprint density at radius 3 is 2.75 bits per heavy atom. The number of nitrogens with zero attached hydrogens (tertiary/aromatic N) is 2. The fourth-order valence-corrected chi connectivity index (χ4v) is 1.68. The second kappa shape index (κ2) is 7.29. The predicted octanol–water partition coefficient (Wildman–Crippen LogP) is 2.03. The maximum absolute atomic E-state index is 12.0. The summed E-state index contributed by atoms with van der Waals surface area (Å²) in [6.45, 7) is 3.49. The van der Waals surface area contributed by atoms with Gasteiger partial charge in [-0.1, -0.05) is 12.1 Å². The number of carbonyl (C=O) groups is 2. The third kappa shape index (κ3) is 4.39. The van der Waals surface area contributed by atoms with Crippen LogP contribution < -0.4 is 4.74 Å². The van der Waals surface area contributed by atoms with E-state index >= 15 is 0 Å². The zero-order chi connectivity index (χ0) is 15.1. The number of hydrogen-bond donors (Lipinski definition) is 0. The molecule has 0 aliphatic rings. The van der Waals surface area contributed by atoms with Gasteiger partial charge >= 0.3 is 0 Å². The molecule has 1 aromatic rings. The molecule has 0 spiro atoms. The quantitative estimate of drug-likeness (QED) is 0.744. The van der Waals surface area contributed by atoms with E-state index in [2.05, 4.69) is 0 Å². The topological polar surface area (TPSA) is 70.4 Å². The van der Waals surface area contributed by atoms with Crippen LogP contribution in [0.1, 0.15) is 30.6 Å². The molecular weight excluding hydrogens is 256 g/mol. The van der Waals surface area contributed by atoms with E-state index in [-0.39, 0.29) is 18.1 Å². The van der Waals surface area contributed by atoms with Gasteiger partial charge in [-0.25, -0.2) is 0 Å².